The van der Waals surface area contributed by atoms with Gasteiger partial charge in [0.2, 0.25) is 0 Å². The number of rotatable bonds is 2. The third kappa shape index (κ3) is 3.17. The summed E-state index contributed by atoms with van der Waals surface area (Å²) in [5, 5.41) is 0. The Kier molecular flexibility index (Phi) is 3.97. The Balaban J connectivity index is 1.55. The van der Waals surface area contributed by atoms with Gasteiger partial charge in [-0.25, -0.2) is 4.99 Å². The molecule has 0 bridgehead atoms. The lowest BCUT2D eigenvalue weighted by molar-refractivity contribution is 0.214. The second kappa shape index (κ2) is 6.05. The molecule has 1 aromatic heterocycles. The van der Waals surface area contributed by atoms with Crippen molar-refractivity contribution in [3.63, 3.8) is 0 Å². The second-order valence-electron chi connectivity index (χ2n) is 5.33. The predicted molar refractivity (Wildman–Crippen MR) is 80.3 cm³/mol. The molecule has 3 heterocycles. The number of likely N-dealkylation sites (N-methyl/N-ethyl adjacent to an activating group) is 1. The van der Waals surface area contributed by atoms with E-state index in [-0.39, 0.29) is 0 Å². The Morgan fingerprint density at radius 1 is 1.15 bits per heavy atom. The van der Waals surface area contributed by atoms with Crippen LogP contribution < -0.4 is 0 Å². The van der Waals surface area contributed by atoms with Crippen molar-refractivity contribution in [2.24, 2.45) is 4.99 Å². The maximum absolute atomic E-state index is 4.69. The van der Waals surface area contributed by atoms with Crippen molar-refractivity contribution in [1.29, 1.82) is 0 Å². The Hall–Kier alpha value is -1.88. The molecule has 2 aliphatic rings. The van der Waals surface area contributed by atoms with Crippen LogP contribution in [0.25, 0.3) is 0 Å². The van der Waals surface area contributed by atoms with E-state index in [0.717, 1.165) is 50.9 Å². The molecule has 20 heavy (non-hydrogen) atoms. The van der Waals surface area contributed by atoms with Crippen molar-refractivity contribution in [3.8, 4) is 0 Å². The van der Waals surface area contributed by atoms with Gasteiger partial charge in [-0.3, -0.25) is 4.98 Å². The number of aromatic nitrogens is 1. The normalized spacial score (nSPS) is 20.1. The summed E-state index contributed by atoms with van der Waals surface area (Å²) >= 11 is 0. The first kappa shape index (κ1) is 13.1. The lowest BCUT2D eigenvalue weighted by Crippen LogP contribution is -2.47. The lowest BCUT2D eigenvalue weighted by atomic mass is 10.3. The molecular weight excluding hydrogens is 250 g/mol. The molecule has 0 atom stereocenters. The third-order valence-corrected chi connectivity index (χ3v) is 3.77. The highest BCUT2D eigenvalue weighted by molar-refractivity contribution is 5.93. The van der Waals surface area contributed by atoms with E-state index < -0.39 is 0 Å². The number of hydrogen-bond donors (Lipinski definition) is 0. The van der Waals surface area contributed by atoms with Gasteiger partial charge in [0.05, 0.1) is 12.2 Å². The molecule has 3 rings (SSSR count). The molecule has 0 unspecified atom stereocenters. The molecule has 0 radical (unpaired) electrons. The van der Waals surface area contributed by atoms with E-state index in [1.807, 2.05) is 24.4 Å². The first-order valence-corrected chi connectivity index (χ1v) is 7.11. The fourth-order valence-electron chi connectivity index (χ4n) is 2.48. The minimum absolute atomic E-state index is 0.717. The molecule has 2 aliphatic heterocycles. The predicted octanol–water partition coefficient (Wildman–Crippen LogP) is 1.01. The van der Waals surface area contributed by atoms with Gasteiger partial charge >= 0.3 is 0 Å². The summed E-state index contributed by atoms with van der Waals surface area (Å²) in [7, 11) is 2.17. The van der Waals surface area contributed by atoms with Crippen molar-refractivity contribution in [2.45, 2.75) is 6.54 Å². The Morgan fingerprint density at radius 3 is 2.65 bits per heavy atom. The summed E-state index contributed by atoms with van der Waals surface area (Å²) in [4.78, 5) is 16.0. The zero-order valence-electron chi connectivity index (χ0n) is 11.9. The highest BCUT2D eigenvalue weighted by Gasteiger charge is 2.17. The standard InChI is InChI=1S/C15H21N5/c1-18-8-10-20(11-9-18)15-5-7-19(13-17-15)12-14-4-2-3-6-16-14/h2-7H,8-13H2,1H3. The summed E-state index contributed by atoms with van der Waals surface area (Å²) < 4.78 is 0. The van der Waals surface area contributed by atoms with Crippen molar-refractivity contribution >= 4 is 5.84 Å². The molecular formula is C15H21N5. The van der Waals surface area contributed by atoms with Gasteiger partial charge in [0.15, 0.2) is 0 Å². The zero-order chi connectivity index (χ0) is 13.8. The Labute approximate surface area is 120 Å². The van der Waals surface area contributed by atoms with Crippen LogP contribution >= 0.6 is 0 Å². The topological polar surface area (TPSA) is 35.0 Å². The van der Waals surface area contributed by atoms with E-state index in [4.69, 9.17) is 4.99 Å². The largest absolute Gasteiger partial charge is 0.354 e. The Bertz CT molecular complexity index is 488. The van der Waals surface area contributed by atoms with Crippen molar-refractivity contribution in [2.75, 3.05) is 39.9 Å². The number of hydrogen-bond acceptors (Lipinski definition) is 5. The molecule has 5 nitrogen and oxygen atoms in total. The van der Waals surface area contributed by atoms with Crippen LogP contribution in [0.15, 0.2) is 41.7 Å². The van der Waals surface area contributed by atoms with E-state index in [2.05, 4.69) is 39.0 Å². The van der Waals surface area contributed by atoms with Crippen LogP contribution in [0.4, 0.5) is 0 Å². The maximum Gasteiger partial charge on any atom is 0.127 e. The molecule has 0 aliphatic carbocycles. The van der Waals surface area contributed by atoms with Crippen LogP contribution in [0.2, 0.25) is 0 Å². The molecule has 0 amide bonds. The fourth-order valence-corrected chi connectivity index (χ4v) is 2.48. The fraction of sp³-hybridized carbons (Fsp3) is 0.467. The average Bonchev–Trinajstić information content (AvgIpc) is 2.50. The SMILES string of the molecule is CN1CCN(C2=NCN(Cc3ccccn3)C=C2)CC1. The summed E-state index contributed by atoms with van der Waals surface area (Å²) in [6, 6.07) is 6.02. The third-order valence-electron chi connectivity index (χ3n) is 3.77. The van der Waals surface area contributed by atoms with E-state index in [9.17, 15) is 0 Å². The second-order valence-corrected chi connectivity index (χ2v) is 5.33. The first-order valence-electron chi connectivity index (χ1n) is 7.11. The number of piperazine rings is 1. The molecule has 1 fully saturated rings. The van der Waals surface area contributed by atoms with E-state index in [1.165, 1.54) is 0 Å². The van der Waals surface area contributed by atoms with Gasteiger partial charge < -0.3 is 14.7 Å². The summed E-state index contributed by atoms with van der Waals surface area (Å²) in [5.74, 6) is 1.12. The molecule has 106 valence electrons. The van der Waals surface area contributed by atoms with Crippen LogP contribution in [0.5, 0.6) is 0 Å². The average molecular weight is 271 g/mol. The lowest BCUT2D eigenvalue weighted by Gasteiger charge is -2.35. The minimum atomic E-state index is 0.717. The van der Waals surface area contributed by atoms with Gasteiger partial charge in [0.25, 0.3) is 0 Å². The van der Waals surface area contributed by atoms with Gasteiger partial charge in [0.1, 0.15) is 12.5 Å². The van der Waals surface area contributed by atoms with Crippen LogP contribution in [0.3, 0.4) is 0 Å². The van der Waals surface area contributed by atoms with Gasteiger partial charge in [-0.2, -0.15) is 0 Å². The van der Waals surface area contributed by atoms with Crippen LogP contribution in [-0.4, -0.2) is 65.4 Å². The molecule has 0 spiro atoms. The zero-order valence-corrected chi connectivity index (χ0v) is 11.9. The molecule has 0 saturated carbocycles. The van der Waals surface area contributed by atoms with Crippen LogP contribution in [-0.2, 0) is 6.54 Å². The minimum Gasteiger partial charge on any atom is -0.354 e. The van der Waals surface area contributed by atoms with E-state index >= 15 is 0 Å². The number of nitrogens with zero attached hydrogens (tertiary/aromatic N) is 5. The number of aliphatic imine (C=N–C) groups is 1. The number of amidine groups is 1. The van der Waals surface area contributed by atoms with Crippen molar-refractivity contribution in [3.05, 3.63) is 42.4 Å². The molecule has 5 heteroatoms. The quantitative estimate of drug-likeness (QED) is 0.804. The first-order chi connectivity index (χ1) is 9.81. The summed E-state index contributed by atoms with van der Waals surface area (Å²) in [5.41, 5.74) is 1.08. The van der Waals surface area contributed by atoms with Gasteiger partial charge in [-0.1, -0.05) is 6.07 Å². The van der Waals surface area contributed by atoms with E-state index in [0.29, 0.717) is 0 Å². The smallest absolute Gasteiger partial charge is 0.127 e. The summed E-state index contributed by atoms with van der Waals surface area (Å²) in [6.45, 7) is 5.90. The Morgan fingerprint density at radius 2 is 2.00 bits per heavy atom. The molecule has 0 aromatic carbocycles. The van der Waals surface area contributed by atoms with Gasteiger partial charge in [-0.15, -0.1) is 0 Å². The number of pyridine rings is 1. The van der Waals surface area contributed by atoms with Gasteiger partial charge in [-0.05, 0) is 25.3 Å². The molecule has 1 aromatic rings. The highest BCUT2D eigenvalue weighted by atomic mass is 15.3. The van der Waals surface area contributed by atoms with Gasteiger partial charge in [0, 0.05) is 38.6 Å². The monoisotopic (exact) mass is 271 g/mol. The van der Waals surface area contributed by atoms with Crippen LogP contribution in [0.1, 0.15) is 5.69 Å². The van der Waals surface area contributed by atoms with E-state index in [1.54, 1.807) is 0 Å². The maximum atomic E-state index is 4.69. The van der Waals surface area contributed by atoms with Crippen LogP contribution in [0, 0.1) is 0 Å². The summed E-state index contributed by atoms with van der Waals surface area (Å²) in [6.07, 6.45) is 6.09. The van der Waals surface area contributed by atoms with Crippen molar-refractivity contribution in [1.82, 2.24) is 19.7 Å². The van der Waals surface area contributed by atoms with Crippen molar-refractivity contribution < 1.29 is 0 Å². The molecule has 0 N–H and O–H groups in total. The molecule has 1 saturated heterocycles. The highest BCUT2D eigenvalue weighted by Crippen LogP contribution is 2.09.